The Morgan fingerprint density at radius 1 is 1.20 bits per heavy atom. The fourth-order valence-corrected chi connectivity index (χ4v) is 2.17. The first-order valence-electron chi connectivity index (χ1n) is 6.61. The molecular weight excluding hydrogens is 277 g/mol. The van der Waals surface area contributed by atoms with Gasteiger partial charge in [-0.1, -0.05) is 0 Å². The number of nitrogens with zero attached hydrogens (tertiary/aromatic N) is 1. The van der Waals surface area contributed by atoms with E-state index >= 15 is 0 Å². The number of amides is 1. The number of carboxylic acids is 1. The van der Waals surface area contributed by atoms with Crippen LogP contribution in [0.1, 0.15) is 25.7 Å². The van der Waals surface area contributed by atoms with Gasteiger partial charge in [0, 0.05) is 6.54 Å². The van der Waals surface area contributed by atoms with Gasteiger partial charge in [-0.15, -0.1) is 0 Å². The quantitative estimate of drug-likeness (QED) is 0.724. The Morgan fingerprint density at radius 3 is 2.30 bits per heavy atom. The van der Waals surface area contributed by atoms with Crippen molar-refractivity contribution in [1.29, 1.82) is 0 Å². The summed E-state index contributed by atoms with van der Waals surface area (Å²) in [5, 5.41) is 10.7. The van der Waals surface area contributed by atoms with Gasteiger partial charge in [-0.25, -0.2) is 0 Å². The molecule has 5 nitrogen and oxygen atoms in total. The molecular formula is C12H19F3N2O3. The van der Waals surface area contributed by atoms with E-state index in [0.717, 1.165) is 0 Å². The third-order valence-electron chi connectivity index (χ3n) is 3.38. The van der Waals surface area contributed by atoms with Crippen LogP contribution >= 0.6 is 0 Å². The average molecular weight is 296 g/mol. The summed E-state index contributed by atoms with van der Waals surface area (Å²) >= 11 is 0. The first kappa shape index (κ1) is 16.7. The van der Waals surface area contributed by atoms with Crippen LogP contribution < -0.4 is 5.32 Å². The predicted molar refractivity (Wildman–Crippen MR) is 65.1 cm³/mol. The highest BCUT2D eigenvalue weighted by Gasteiger charge is 2.38. The van der Waals surface area contributed by atoms with Gasteiger partial charge in [0.2, 0.25) is 0 Å². The second-order valence-electron chi connectivity index (χ2n) is 4.91. The maximum Gasteiger partial charge on any atom is 0.471 e. The summed E-state index contributed by atoms with van der Waals surface area (Å²) in [5.74, 6) is -2.95. The molecule has 1 amide bonds. The number of carbonyl (C=O) groups is 2. The fourth-order valence-electron chi connectivity index (χ4n) is 2.17. The van der Waals surface area contributed by atoms with Gasteiger partial charge in [0.05, 0.1) is 5.92 Å². The number of carboxylic acid groups (broad SMARTS) is 1. The smallest absolute Gasteiger partial charge is 0.471 e. The zero-order chi connectivity index (χ0) is 15.2. The Balaban J connectivity index is 2.06. The van der Waals surface area contributed by atoms with Crippen molar-refractivity contribution in [3.63, 3.8) is 0 Å². The number of aliphatic carboxylic acids is 1. The highest BCUT2D eigenvalue weighted by molar-refractivity contribution is 5.81. The van der Waals surface area contributed by atoms with Crippen molar-refractivity contribution >= 4 is 11.9 Å². The van der Waals surface area contributed by atoms with Gasteiger partial charge in [-0.3, -0.25) is 9.59 Å². The maximum atomic E-state index is 11.9. The molecule has 8 heteroatoms. The van der Waals surface area contributed by atoms with Gasteiger partial charge >= 0.3 is 18.1 Å². The van der Waals surface area contributed by atoms with E-state index in [-0.39, 0.29) is 12.5 Å². The van der Waals surface area contributed by atoms with Gasteiger partial charge in [-0.05, 0) is 45.3 Å². The van der Waals surface area contributed by atoms with Crippen LogP contribution in [-0.2, 0) is 9.59 Å². The predicted octanol–water partition coefficient (Wildman–Crippen LogP) is 1.24. The van der Waals surface area contributed by atoms with Gasteiger partial charge in [-0.2, -0.15) is 13.2 Å². The standard InChI is InChI=1S/C12H19F3N2O3/c13-12(14,15)11(20)16-5-1-2-6-17-7-3-9(4-8-17)10(18)19/h9H,1-8H2,(H,16,20)(H,18,19). The molecule has 0 saturated carbocycles. The summed E-state index contributed by atoms with van der Waals surface area (Å²) < 4.78 is 35.6. The monoisotopic (exact) mass is 296 g/mol. The molecule has 0 radical (unpaired) electrons. The van der Waals surface area contributed by atoms with Gasteiger partial charge in [0.25, 0.3) is 0 Å². The van der Waals surface area contributed by atoms with E-state index in [4.69, 9.17) is 5.11 Å². The highest BCUT2D eigenvalue weighted by Crippen LogP contribution is 2.17. The molecule has 20 heavy (non-hydrogen) atoms. The molecule has 0 aromatic rings. The van der Waals surface area contributed by atoms with E-state index in [1.165, 1.54) is 0 Å². The Bertz CT molecular complexity index is 339. The minimum Gasteiger partial charge on any atom is -0.481 e. The van der Waals surface area contributed by atoms with Crippen LogP contribution in [0.3, 0.4) is 0 Å². The molecule has 1 heterocycles. The fraction of sp³-hybridized carbons (Fsp3) is 0.833. The van der Waals surface area contributed by atoms with Crippen LogP contribution in [0.5, 0.6) is 0 Å². The molecule has 1 aliphatic heterocycles. The number of likely N-dealkylation sites (tertiary alicyclic amines) is 1. The summed E-state index contributed by atoms with van der Waals surface area (Å²) in [6.07, 6.45) is -2.45. The van der Waals surface area contributed by atoms with E-state index in [2.05, 4.69) is 4.90 Å². The van der Waals surface area contributed by atoms with Crippen molar-refractivity contribution in [2.75, 3.05) is 26.2 Å². The third-order valence-corrected chi connectivity index (χ3v) is 3.38. The molecule has 0 aliphatic carbocycles. The summed E-state index contributed by atoms with van der Waals surface area (Å²) in [7, 11) is 0. The lowest BCUT2D eigenvalue weighted by Gasteiger charge is -2.29. The average Bonchev–Trinajstić information content (AvgIpc) is 2.37. The van der Waals surface area contributed by atoms with E-state index in [1.54, 1.807) is 0 Å². The SMILES string of the molecule is O=C(O)C1CCN(CCCCNC(=O)C(F)(F)F)CC1. The Hall–Kier alpha value is -1.31. The lowest BCUT2D eigenvalue weighted by molar-refractivity contribution is -0.173. The summed E-state index contributed by atoms with van der Waals surface area (Å²) in [5.41, 5.74) is 0. The molecule has 116 valence electrons. The van der Waals surface area contributed by atoms with Crippen LogP contribution in [0, 0.1) is 5.92 Å². The molecule has 2 N–H and O–H groups in total. The summed E-state index contributed by atoms with van der Waals surface area (Å²) in [6, 6.07) is 0. The lowest BCUT2D eigenvalue weighted by atomic mass is 9.97. The third kappa shape index (κ3) is 5.77. The number of alkyl halides is 3. The van der Waals surface area contributed by atoms with Crippen molar-refractivity contribution < 1.29 is 27.9 Å². The summed E-state index contributed by atoms with van der Waals surface area (Å²) in [4.78, 5) is 23.4. The van der Waals surface area contributed by atoms with Crippen molar-refractivity contribution in [2.45, 2.75) is 31.9 Å². The molecule has 0 aromatic carbocycles. The number of rotatable bonds is 6. The first-order chi connectivity index (χ1) is 9.30. The van der Waals surface area contributed by atoms with Crippen molar-refractivity contribution in [2.24, 2.45) is 5.92 Å². The van der Waals surface area contributed by atoms with E-state index in [0.29, 0.717) is 45.3 Å². The number of unbranched alkanes of at least 4 members (excludes halogenated alkanes) is 1. The molecule has 0 aromatic heterocycles. The normalized spacial score (nSPS) is 17.9. The molecule has 1 fully saturated rings. The Labute approximate surface area is 115 Å². The van der Waals surface area contributed by atoms with Gasteiger partial charge in [0.1, 0.15) is 0 Å². The second kappa shape index (κ2) is 7.47. The topological polar surface area (TPSA) is 69.6 Å². The van der Waals surface area contributed by atoms with Crippen LogP contribution in [-0.4, -0.2) is 54.2 Å². The number of hydrogen-bond donors (Lipinski definition) is 2. The number of hydrogen-bond acceptors (Lipinski definition) is 3. The molecule has 1 aliphatic rings. The molecule has 1 rings (SSSR count). The van der Waals surface area contributed by atoms with E-state index < -0.39 is 18.1 Å². The van der Waals surface area contributed by atoms with Crippen LogP contribution in [0.2, 0.25) is 0 Å². The van der Waals surface area contributed by atoms with E-state index in [9.17, 15) is 22.8 Å². The maximum absolute atomic E-state index is 11.9. The summed E-state index contributed by atoms with van der Waals surface area (Å²) in [6.45, 7) is 2.12. The van der Waals surface area contributed by atoms with E-state index in [1.807, 2.05) is 5.32 Å². The first-order valence-corrected chi connectivity index (χ1v) is 6.61. The number of halogens is 3. The molecule has 1 saturated heterocycles. The van der Waals surface area contributed by atoms with Crippen LogP contribution in [0.4, 0.5) is 13.2 Å². The van der Waals surface area contributed by atoms with Crippen molar-refractivity contribution in [1.82, 2.24) is 10.2 Å². The molecule has 0 atom stereocenters. The minimum absolute atomic E-state index is 0.00390. The highest BCUT2D eigenvalue weighted by atomic mass is 19.4. The van der Waals surface area contributed by atoms with Crippen molar-refractivity contribution in [3.8, 4) is 0 Å². The lowest BCUT2D eigenvalue weighted by Crippen LogP contribution is -2.38. The zero-order valence-corrected chi connectivity index (χ0v) is 11.1. The van der Waals surface area contributed by atoms with Crippen molar-refractivity contribution in [3.05, 3.63) is 0 Å². The van der Waals surface area contributed by atoms with Gasteiger partial charge < -0.3 is 15.3 Å². The second-order valence-corrected chi connectivity index (χ2v) is 4.91. The van der Waals surface area contributed by atoms with Crippen LogP contribution in [0.15, 0.2) is 0 Å². The largest absolute Gasteiger partial charge is 0.481 e. The number of piperidine rings is 1. The molecule has 0 unspecified atom stereocenters. The van der Waals surface area contributed by atoms with Gasteiger partial charge in [0.15, 0.2) is 0 Å². The van der Waals surface area contributed by atoms with Crippen LogP contribution in [0.25, 0.3) is 0 Å². The Kier molecular flexibility index (Phi) is 6.25. The minimum atomic E-state index is -4.82. The number of nitrogens with one attached hydrogen (secondary N) is 1. The molecule has 0 bridgehead atoms. The zero-order valence-electron chi connectivity index (χ0n) is 11.1. The Morgan fingerprint density at radius 2 is 1.80 bits per heavy atom. The molecule has 0 spiro atoms. The number of carbonyl (C=O) groups excluding carboxylic acids is 1.